The topological polar surface area (TPSA) is 81.5 Å². The van der Waals surface area contributed by atoms with Crippen LogP contribution in [-0.2, 0) is 6.42 Å². The molecule has 0 fully saturated rings. The van der Waals surface area contributed by atoms with Gasteiger partial charge in [0.25, 0.3) is 5.91 Å². The first kappa shape index (κ1) is 15.0. The van der Waals surface area contributed by atoms with E-state index < -0.39 is 5.91 Å². The standard InChI is InChI=1S/C19H19N3O/c20-19(21)22-18(23)15-11-10-14-8-4-5-9-16(17(14)12-15)13-6-2-1-3-7-13/h1-3,6-7,9-12H,4-5,8H2,(H4,20,21,22,23). The van der Waals surface area contributed by atoms with Crippen molar-refractivity contribution in [3.63, 3.8) is 0 Å². The number of fused-ring (bicyclic) bond motifs is 1. The summed E-state index contributed by atoms with van der Waals surface area (Å²) in [6, 6.07) is 15.9. The van der Waals surface area contributed by atoms with Gasteiger partial charge >= 0.3 is 0 Å². The maximum absolute atomic E-state index is 12.1. The third-order valence-electron chi connectivity index (χ3n) is 3.96. The minimum absolute atomic E-state index is 0.219. The number of hydrogen-bond donors (Lipinski definition) is 2. The third kappa shape index (κ3) is 3.31. The highest BCUT2D eigenvalue weighted by molar-refractivity contribution is 6.02. The Bertz CT molecular complexity index is 788. The van der Waals surface area contributed by atoms with E-state index in [2.05, 4.69) is 23.2 Å². The van der Waals surface area contributed by atoms with E-state index in [1.165, 1.54) is 5.56 Å². The van der Waals surface area contributed by atoms with E-state index in [0.29, 0.717) is 5.56 Å². The number of benzene rings is 2. The quantitative estimate of drug-likeness (QED) is 0.661. The van der Waals surface area contributed by atoms with Crippen LogP contribution in [0.4, 0.5) is 0 Å². The van der Waals surface area contributed by atoms with Gasteiger partial charge in [-0.05, 0) is 53.7 Å². The predicted molar refractivity (Wildman–Crippen MR) is 93.0 cm³/mol. The Morgan fingerprint density at radius 1 is 1.04 bits per heavy atom. The second kappa shape index (κ2) is 6.48. The summed E-state index contributed by atoms with van der Waals surface area (Å²) in [5, 5.41) is 0. The summed E-state index contributed by atoms with van der Waals surface area (Å²) >= 11 is 0. The number of guanidine groups is 1. The molecule has 0 spiro atoms. The SMILES string of the molecule is NC(N)=NC(=O)c1ccc2c(c1)C(c1ccccc1)=CCCC2. The van der Waals surface area contributed by atoms with Crippen LogP contribution in [0.2, 0.25) is 0 Å². The van der Waals surface area contributed by atoms with Gasteiger partial charge in [-0.15, -0.1) is 0 Å². The predicted octanol–water partition coefficient (Wildman–Crippen LogP) is 2.87. The van der Waals surface area contributed by atoms with Gasteiger partial charge in [0, 0.05) is 5.56 Å². The Morgan fingerprint density at radius 3 is 2.57 bits per heavy atom. The number of rotatable bonds is 2. The molecule has 0 aliphatic heterocycles. The molecule has 1 aliphatic rings. The number of nitrogens with zero attached hydrogens (tertiary/aromatic N) is 1. The number of aryl methyl sites for hydroxylation is 1. The highest BCUT2D eigenvalue weighted by atomic mass is 16.1. The first-order chi connectivity index (χ1) is 11.1. The smallest absolute Gasteiger partial charge is 0.280 e. The van der Waals surface area contributed by atoms with Crippen LogP contribution in [0.5, 0.6) is 0 Å². The van der Waals surface area contributed by atoms with Crippen LogP contribution in [-0.4, -0.2) is 11.9 Å². The van der Waals surface area contributed by atoms with Crippen molar-refractivity contribution in [2.75, 3.05) is 0 Å². The number of hydrogen-bond acceptors (Lipinski definition) is 1. The van der Waals surface area contributed by atoms with E-state index in [9.17, 15) is 4.79 Å². The van der Waals surface area contributed by atoms with Gasteiger partial charge in [-0.25, -0.2) is 0 Å². The molecule has 2 aromatic carbocycles. The Hall–Kier alpha value is -2.88. The summed E-state index contributed by atoms with van der Waals surface area (Å²) in [5.74, 6) is -0.631. The summed E-state index contributed by atoms with van der Waals surface area (Å²) in [5.41, 5.74) is 15.8. The number of amides is 1. The summed E-state index contributed by atoms with van der Waals surface area (Å²) in [6.45, 7) is 0. The zero-order valence-corrected chi connectivity index (χ0v) is 12.8. The van der Waals surface area contributed by atoms with Crippen LogP contribution in [0.15, 0.2) is 59.6 Å². The fourth-order valence-electron chi connectivity index (χ4n) is 2.90. The fourth-order valence-corrected chi connectivity index (χ4v) is 2.90. The first-order valence-electron chi connectivity index (χ1n) is 7.68. The van der Waals surface area contributed by atoms with Crippen molar-refractivity contribution >= 4 is 17.4 Å². The molecule has 0 radical (unpaired) electrons. The summed E-state index contributed by atoms with van der Waals surface area (Å²) in [6.07, 6.45) is 5.37. The van der Waals surface area contributed by atoms with E-state index in [0.717, 1.165) is 36.0 Å². The molecule has 1 amide bonds. The van der Waals surface area contributed by atoms with Crippen LogP contribution in [0, 0.1) is 0 Å². The molecule has 23 heavy (non-hydrogen) atoms. The molecule has 1 aliphatic carbocycles. The second-order valence-corrected chi connectivity index (χ2v) is 5.59. The van der Waals surface area contributed by atoms with Crippen molar-refractivity contribution in [3.05, 3.63) is 76.9 Å². The molecule has 4 heteroatoms. The molecule has 116 valence electrons. The van der Waals surface area contributed by atoms with Crippen LogP contribution in [0.25, 0.3) is 5.57 Å². The van der Waals surface area contributed by atoms with Crippen molar-refractivity contribution in [3.8, 4) is 0 Å². The third-order valence-corrected chi connectivity index (χ3v) is 3.96. The maximum atomic E-state index is 12.1. The minimum Gasteiger partial charge on any atom is -0.370 e. The lowest BCUT2D eigenvalue weighted by Gasteiger charge is -2.12. The van der Waals surface area contributed by atoms with Gasteiger partial charge < -0.3 is 11.5 Å². The molecule has 0 atom stereocenters. The van der Waals surface area contributed by atoms with Gasteiger partial charge in [0.05, 0.1) is 0 Å². The highest BCUT2D eigenvalue weighted by Crippen LogP contribution is 2.31. The zero-order valence-electron chi connectivity index (χ0n) is 12.8. The van der Waals surface area contributed by atoms with Crippen molar-refractivity contribution in [1.82, 2.24) is 0 Å². The van der Waals surface area contributed by atoms with E-state index in [1.807, 2.05) is 30.3 Å². The van der Waals surface area contributed by atoms with Gasteiger partial charge in [0.2, 0.25) is 0 Å². The number of allylic oxidation sites excluding steroid dienone is 1. The Morgan fingerprint density at radius 2 is 1.83 bits per heavy atom. The maximum Gasteiger partial charge on any atom is 0.280 e. The second-order valence-electron chi connectivity index (χ2n) is 5.59. The first-order valence-corrected chi connectivity index (χ1v) is 7.68. The molecular weight excluding hydrogens is 286 g/mol. The molecule has 0 bridgehead atoms. The number of carbonyl (C=O) groups excluding carboxylic acids is 1. The molecule has 4 nitrogen and oxygen atoms in total. The highest BCUT2D eigenvalue weighted by Gasteiger charge is 2.15. The van der Waals surface area contributed by atoms with E-state index in [-0.39, 0.29) is 5.96 Å². The molecule has 0 heterocycles. The van der Waals surface area contributed by atoms with Crippen molar-refractivity contribution in [1.29, 1.82) is 0 Å². The van der Waals surface area contributed by atoms with Crippen molar-refractivity contribution < 1.29 is 4.79 Å². The average molecular weight is 305 g/mol. The Balaban J connectivity index is 2.09. The lowest BCUT2D eigenvalue weighted by Crippen LogP contribution is -2.24. The van der Waals surface area contributed by atoms with Gasteiger partial charge in [-0.1, -0.05) is 42.5 Å². The fraction of sp³-hybridized carbons (Fsp3) is 0.158. The van der Waals surface area contributed by atoms with Crippen molar-refractivity contribution in [2.45, 2.75) is 19.3 Å². The monoisotopic (exact) mass is 305 g/mol. The van der Waals surface area contributed by atoms with E-state index in [1.54, 1.807) is 6.07 Å². The Kier molecular flexibility index (Phi) is 4.24. The average Bonchev–Trinajstić information content (AvgIpc) is 2.76. The van der Waals surface area contributed by atoms with Crippen molar-refractivity contribution in [2.24, 2.45) is 16.5 Å². The number of carbonyl (C=O) groups is 1. The molecule has 3 rings (SSSR count). The molecule has 4 N–H and O–H groups in total. The molecule has 2 aromatic rings. The number of aliphatic imine (C=N–C) groups is 1. The van der Waals surface area contributed by atoms with Crippen LogP contribution in [0.3, 0.4) is 0 Å². The van der Waals surface area contributed by atoms with Gasteiger partial charge in [-0.2, -0.15) is 4.99 Å². The molecular formula is C19H19N3O. The molecule has 0 saturated carbocycles. The number of nitrogens with two attached hydrogens (primary N) is 2. The van der Waals surface area contributed by atoms with Crippen LogP contribution < -0.4 is 11.5 Å². The van der Waals surface area contributed by atoms with Gasteiger partial charge in [0.15, 0.2) is 5.96 Å². The van der Waals surface area contributed by atoms with E-state index in [4.69, 9.17) is 11.5 Å². The summed E-state index contributed by atoms with van der Waals surface area (Å²) in [7, 11) is 0. The largest absolute Gasteiger partial charge is 0.370 e. The zero-order chi connectivity index (χ0) is 16.2. The lowest BCUT2D eigenvalue weighted by atomic mass is 9.92. The van der Waals surface area contributed by atoms with E-state index >= 15 is 0 Å². The van der Waals surface area contributed by atoms with Gasteiger partial charge in [0.1, 0.15) is 0 Å². The lowest BCUT2D eigenvalue weighted by molar-refractivity contribution is 0.100. The summed E-state index contributed by atoms with van der Waals surface area (Å²) in [4.78, 5) is 15.7. The van der Waals surface area contributed by atoms with Crippen LogP contribution in [0.1, 0.15) is 39.9 Å². The molecule has 0 aromatic heterocycles. The molecule has 0 saturated heterocycles. The van der Waals surface area contributed by atoms with Gasteiger partial charge in [-0.3, -0.25) is 4.79 Å². The van der Waals surface area contributed by atoms with Crippen LogP contribution >= 0.6 is 0 Å². The molecule has 0 unspecified atom stereocenters. The minimum atomic E-state index is -0.413. The Labute approximate surface area is 135 Å². The summed E-state index contributed by atoms with van der Waals surface area (Å²) < 4.78 is 0. The normalized spacial score (nSPS) is 13.5.